The molecule has 2 heterocycles. The molecule has 2 aromatic heterocycles. The number of rotatable bonds is 4. The summed E-state index contributed by atoms with van der Waals surface area (Å²) >= 11 is 1.11. The van der Waals surface area contributed by atoms with E-state index in [-0.39, 0.29) is 29.6 Å². The standard InChI is InChI=1S/C17H16N4O3S/c1-10-3-2-4-11(7-10)18-14(22)8-20-13-9-25-19-15(13)16(23)21(17(20)24)12-5-6-12/h2-4,7,9,12H,5-6,8H2,1H3,(H,18,22). The van der Waals surface area contributed by atoms with Gasteiger partial charge in [-0.1, -0.05) is 12.1 Å². The van der Waals surface area contributed by atoms with Crippen molar-refractivity contribution in [2.24, 2.45) is 0 Å². The number of hydrogen-bond acceptors (Lipinski definition) is 5. The van der Waals surface area contributed by atoms with Gasteiger partial charge in [-0.25, -0.2) is 4.79 Å². The molecule has 0 radical (unpaired) electrons. The Kier molecular flexibility index (Phi) is 3.76. The van der Waals surface area contributed by atoms with E-state index in [0.717, 1.165) is 29.9 Å². The van der Waals surface area contributed by atoms with Gasteiger partial charge in [-0.3, -0.25) is 18.7 Å². The van der Waals surface area contributed by atoms with Crippen molar-refractivity contribution >= 4 is 34.2 Å². The molecule has 1 saturated carbocycles. The molecule has 1 amide bonds. The van der Waals surface area contributed by atoms with E-state index >= 15 is 0 Å². The van der Waals surface area contributed by atoms with Crippen molar-refractivity contribution in [3.8, 4) is 0 Å². The first-order valence-corrected chi connectivity index (χ1v) is 8.84. The first-order valence-electron chi connectivity index (χ1n) is 8.00. The minimum Gasteiger partial charge on any atom is -0.325 e. The van der Waals surface area contributed by atoms with Gasteiger partial charge in [-0.05, 0) is 49.0 Å². The maximum Gasteiger partial charge on any atom is 0.332 e. The molecule has 1 aromatic carbocycles. The SMILES string of the molecule is Cc1cccc(NC(=O)Cn2c(=O)n(C3CC3)c(=O)c3nscc32)c1. The van der Waals surface area contributed by atoms with Gasteiger partial charge in [0.15, 0.2) is 5.52 Å². The molecule has 128 valence electrons. The zero-order valence-corrected chi connectivity index (χ0v) is 14.4. The molecule has 0 atom stereocenters. The van der Waals surface area contributed by atoms with E-state index in [9.17, 15) is 14.4 Å². The fraction of sp³-hybridized carbons (Fsp3) is 0.294. The van der Waals surface area contributed by atoms with E-state index in [1.807, 2.05) is 25.1 Å². The normalized spacial score (nSPS) is 14.0. The summed E-state index contributed by atoms with van der Waals surface area (Å²) in [6.07, 6.45) is 1.61. The Balaban J connectivity index is 1.71. The van der Waals surface area contributed by atoms with Crippen LogP contribution in [-0.2, 0) is 11.3 Å². The highest BCUT2D eigenvalue weighted by atomic mass is 32.1. The first kappa shape index (κ1) is 15.8. The number of hydrogen-bond donors (Lipinski definition) is 1. The van der Waals surface area contributed by atoms with Crippen molar-refractivity contribution in [3.63, 3.8) is 0 Å². The van der Waals surface area contributed by atoms with Crippen molar-refractivity contribution in [2.45, 2.75) is 32.4 Å². The topological polar surface area (TPSA) is 86.0 Å². The molecule has 0 bridgehead atoms. The zero-order chi connectivity index (χ0) is 17.6. The van der Waals surface area contributed by atoms with Gasteiger partial charge in [0.05, 0.1) is 5.52 Å². The van der Waals surface area contributed by atoms with Crippen LogP contribution in [0.3, 0.4) is 0 Å². The molecular weight excluding hydrogens is 340 g/mol. The van der Waals surface area contributed by atoms with E-state index in [4.69, 9.17) is 0 Å². The molecule has 7 nitrogen and oxygen atoms in total. The maximum absolute atomic E-state index is 12.7. The van der Waals surface area contributed by atoms with Crippen molar-refractivity contribution < 1.29 is 4.79 Å². The predicted molar refractivity (Wildman–Crippen MR) is 96.2 cm³/mol. The fourth-order valence-corrected chi connectivity index (χ4v) is 3.55. The summed E-state index contributed by atoms with van der Waals surface area (Å²) in [4.78, 5) is 37.6. The largest absolute Gasteiger partial charge is 0.332 e. The van der Waals surface area contributed by atoms with Crippen LogP contribution in [0.5, 0.6) is 0 Å². The van der Waals surface area contributed by atoms with Crippen LogP contribution < -0.4 is 16.6 Å². The molecule has 1 aliphatic carbocycles. The molecule has 8 heteroatoms. The van der Waals surface area contributed by atoms with E-state index in [2.05, 4.69) is 9.69 Å². The number of aryl methyl sites for hydroxylation is 1. The lowest BCUT2D eigenvalue weighted by atomic mass is 10.2. The second kappa shape index (κ2) is 5.96. The third-order valence-corrected chi connectivity index (χ3v) is 4.83. The van der Waals surface area contributed by atoms with E-state index in [1.54, 1.807) is 11.4 Å². The average molecular weight is 356 g/mol. The molecule has 1 fully saturated rings. The summed E-state index contributed by atoms with van der Waals surface area (Å²) in [6.45, 7) is 1.78. The van der Waals surface area contributed by atoms with Gasteiger partial charge in [-0.15, -0.1) is 0 Å². The second-order valence-corrected chi connectivity index (χ2v) is 6.87. The van der Waals surface area contributed by atoms with Crippen LogP contribution in [0.2, 0.25) is 0 Å². The van der Waals surface area contributed by atoms with E-state index in [1.165, 1.54) is 9.13 Å². The van der Waals surface area contributed by atoms with E-state index < -0.39 is 5.69 Å². The number of fused-ring (bicyclic) bond motifs is 1. The van der Waals surface area contributed by atoms with Crippen LogP contribution in [-0.4, -0.2) is 19.4 Å². The highest BCUT2D eigenvalue weighted by Gasteiger charge is 2.29. The molecule has 3 aromatic rings. The number of nitrogens with one attached hydrogen (secondary N) is 1. The lowest BCUT2D eigenvalue weighted by molar-refractivity contribution is -0.116. The monoisotopic (exact) mass is 356 g/mol. The van der Waals surface area contributed by atoms with Crippen LogP contribution in [0.1, 0.15) is 24.4 Å². The van der Waals surface area contributed by atoms with Gasteiger partial charge in [0.25, 0.3) is 5.56 Å². The Bertz CT molecular complexity index is 1090. The summed E-state index contributed by atoms with van der Waals surface area (Å²) in [5.41, 5.74) is 1.56. The second-order valence-electron chi connectivity index (χ2n) is 6.24. The lowest BCUT2D eigenvalue weighted by Gasteiger charge is -2.11. The number of benzene rings is 1. The molecule has 1 aliphatic rings. The number of nitrogens with zero attached hydrogens (tertiary/aromatic N) is 3. The number of carbonyl (C=O) groups is 1. The number of anilines is 1. The highest BCUT2D eigenvalue weighted by Crippen LogP contribution is 2.32. The van der Waals surface area contributed by atoms with Gasteiger partial charge in [0, 0.05) is 17.1 Å². The van der Waals surface area contributed by atoms with Gasteiger partial charge < -0.3 is 5.32 Å². The Morgan fingerprint density at radius 1 is 1.36 bits per heavy atom. The summed E-state index contributed by atoms with van der Waals surface area (Å²) in [6, 6.07) is 7.36. The van der Waals surface area contributed by atoms with Crippen molar-refractivity contribution in [3.05, 3.63) is 56.0 Å². The summed E-state index contributed by atoms with van der Waals surface area (Å²) in [5.74, 6) is -0.318. The van der Waals surface area contributed by atoms with Crippen LogP contribution in [0.4, 0.5) is 5.69 Å². The molecule has 4 rings (SSSR count). The molecule has 25 heavy (non-hydrogen) atoms. The van der Waals surface area contributed by atoms with Crippen LogP contribution in [0.15, 0.2) is 39.2 Å². The van der Waals surface area contributed by atoms with Gasteiger partial charge in [0.2, 0.25) is 5.91 Å². The van der Waals surface area contributed by atoms with Gasteiger partial charge in [-0.2, -0.15) is 4.37 Å². The molecule has 1 N–H and O–H groups in total. The van der Waals surface area contributed by atoms with Crippen molar-refractivity contribution in [2.75, 3.05) is 5.32 Å². The quantitative estimate of drug-likeness (QED) is 0.774. The van der Waals surface area contributed by atoms with Crippen molar-refractivity contribution in [1.82, 2.24) is 13.5 Å². The highest BCUT2D eigenvalue weighted by molar-refractivity contribution is 7.04. The smallest absolute Gasteiger partial charge is 0.325 e. The molecule has 0 unspecified atom stereocenters. The van der Waals surface area contributed by atoms with Gasteiger partial charge in [0.1, 0.15) is 6.54 Å². The maximum atomic E-state index is 12.7. The third-order valence-electron chi connectivity index (χ3n) is 4.22. The minimum absolute atomic E-state index is 0.0721. The zero-order valence-electron chi connectivity index (χ0n) is 13.6. The first-order chi connectivity index (χ1) is 12.0. The molecular formula is C17H16N4O3S. The minimum atomic E-state index is -0.445. The summed E-state index contributed by atoms with van der Waals surface area (Å²) < 4.78 is 6.69. The van der Waals surface area contributed by atoms with E-state index in [0.29, 0.717) is 11.2 Å². The lowest BCUT2D eigenvalue weighted by Crippen LogP contribution is -2.41. The molecule has 0 spiro atoms. The Hall–Kier alpha value is -2.74. The number of aromatic nitrogens is 3. The van der Waals surface area contributed by atoms with Crippen LogP contribution in [0, 0.1) is 6.92 Å². The van der Waals surface area contributed by atoms with Crippen LogP contribution in [0.25, 0.3) is 11.0 Å². The van der Waals surface area contributed by atoms with Crippen LogP contribution >= 0.6 is 11.5 Å². The fourth-order valence-electron chi connectivity index (χ4n) is 2.88. The number of amides is 1. The molecule has 0 saturated heterocycles. The Labute approximate surface area is 146 Å². The summed E-state index contributed by atoms with van der Waals surface area (Å²) in [5, 5.41) is 4.43. The van der Waals surface area contributed by atoms with Gasteiger partial charge >= 0.3 is 5.69 Å². The summed E-state index contributed by atoms with van der Waals surface area (Å²) in [7, 11) is 0. The van der Waals surface area contributed by atoms with Crippen molar-refractivity contribution in [1.29, 1.82) is 0 Å². The predicted octanol–water partition coefficient (Wildman–Crippen LogP) is 1.90. The Morgan fingerprint density at radius 2 is 2.16 bits per heavy atom. The molecule has 0 aliphatic heterocycles. The Morgan fingerprint density at radius 3 is 2.88 bits per heavy atom. The number of carbonyl (C=O) groups excluding carboxylic acids is 1. The average Bonchev–Trinajstić information content (AvgIpc) is 3.26. The third kappa shape index (κ3) is 2.89.